The Morgan fingerprint density at radius 3 is 1.41 bits per heavy atom. The number of unbranched alkanes of at least 4 members (excludes halogenated alkanes) is 16. The molecule has 0 aliphatic heterocycles. The Bertz CT molecular complexity index is 370. The fraction of sp³-hybridized carbons (Fsp3) is 0.846. The highest BCUT2D eigenvalue weighted by atomic mass is 14.7. The van der Waals surface area contributed by atoms with E-state index in [2.05, 4.69) is 31.1 Å². The Balaban J connectivity index is 1.96. The van der Waals surface area contributed by atoms with E-state index in [9.17, 15) is 0 Å². The fourth-order valence-electron chi connectivity index (χ4n) is 4.14. The molecule has 0 spiro atoms. The molecule has 1 aromatic rings. The van der Waals surface area contributed by atoms with Crippen molar-refractivity contribution in [2.45, 2.75) is 142 Å². The van der Waals surface area contributed by atoms with Gasteiger partial charge in [0.1, 0.15) is 0 Å². The van der Waals surface area contributed by atoms with Gasteiger partial charge in [0.05, 0.1) is 0 Å². The summed E-state index contributed by atoms with van der Waals surface area (Å²) >= 11 is 0. The van der Waals surface area contributed by atoms with Crippen LogP contribution in [0.15, 0.2) is 12.3 Å². The maximum absolute atomic E-state index is 3.51. The summed E-state index contributed by atoms with van der Waals surface area (Å²) < 4.78 is 0. The quantitative estimate of drug-likeness (QED) is 0.219. The van der Waals surface area contributed by atoms with Crippen molar-refractivity contribution in [3.8, 4) is 0 Å². The third-order valence-electron chi connectivity index (χ3n) is 6.01. The summed E-state index contributed by atoms with van der Waals surface area (Å²) in [6.45, 7) is 4.59. The van der Waals surface area contributed by atoms with Gasteiger partial charge in [0, 0.05) is 11.9 Å². The van der Waals surface area contributed by atoms with Gasteiger partial charge in [0.25, 0.3) is 0 Å². The van der Waals surface area contributed by atoms with Crippen molar-refractivity contribution < 1.29 is 0 Å². The van der Waals surface area contributed by atoms with Crippen LogP contribution in [-0.2, 0) is 12.8 Å². The van der Waals surface area contributed by atoms with E-state index in [1.807, 2.05) is 0 Å². The molecular weight excluding hydrogens is 326 g/mol. The number of H-pyrrole nitrogens is 1. The molecule has 0 saturated carbocycles. The number of aryl methyl sites for hydroxylation is 2. The number of rotatable bonds is 20. The lowest BCUT2D eigenvalue weighted by Crippen LogP contribution is -1.94. The number of aromatic amines is 1. The van der Waals surface area contributed by atoms with Crippen molar-refractivity contribution in [1.29, 1.82) is 0 Å². The smallest absolute Gasteiger partial charge is 0.0179 e. The van der Waals surface area contributed by atoms with Gasteiger partial charge in [0.2, 0.25) is 0 Å². The van der Waals surface area contributed by atoms with Gasteiger partial charge >= 0.3 is 0 Å². The van der Waals surface area contributed by atoms with Crippen LogP contribution in [0, 0.1) is 0 Å². The Morgan fingerprint density at radius 1 is 0.519 bits per heavy atom. The summed E-state index contributed by atoms with van der Waals surface area (Å²) in [4.78, 5) is 3.51. The maximum atomic E-state index is 3.51. The summed E-state index contributed by atoms with van der Waals surface area (Å²) in [5, 5.41) is 0. The average Bonchev–Trinajstić information content (AvgIpc) is 3.12. The second-order valence-electron chi connectivity index (χ2n) is 8.64. The minimum Gasteiger partial charge on any atom is -0.365 e. The van der Waals surface area contributed by atoms with Gasteiger partial charge in [-0.1, -0.05) is 117 Å². The third-order valence-corrected chi connectivity index (χ3v) is 6.01. The molecule has 0 bridgehead atoms. The molecule has 1 N–H and O–H groups in total. The maximum Gasteiger partial charge on any atom is 0.0179 e. The van der Waals surface area contributed by atoms with E-state index in [1.165, 1.54) is 134 Å². The van der Waals surface area contributed by atoms with Crippen molar-refractivity contribution in [3.05, 3.63) is 23.5 Å². The Morgan fingerprint density at radius 2 is 0.926 bits per heavy atom. The molecule has 1 rings (SSSR count). The zero-order chi connectivity index (χ0) is 19.4. The van der Waals surface area contributed by atoms with Gasteiger partial charge in [-0.15, -0.1) is 0 Å². The molecule has 0 aliphatic rings. The Labute approximate surface area is 171 Å². The predicted molar refractivity (Wildman–Crippen MR) is 123 cm³/mol. The van der Waals surface area contributed by atoms with Crippen molar-refractivity contribution in [2.75, 3.05) is 0 Å². The highest BCUT2D eigenvalue weighted by Gasteiger charge is 2.04. The minimum absolute atomic E-state index is 1.26. The van der Waals surface area contributed by atoms with Gasteiger partial charge < -0.3 is 4.98 Å². The summed E-state index contributed by atoms with van der Waals surface area (Å²) in [7, 11) is 0. The Kier molecular flexibility index (Phi) is 16.8. The van der Waals surface area contributed by atoms with E-state index in [4.69, 9.17) is 0 Å². The molecule has 0 amide bonds. The number of hydrogen-bond donors (Lipinski definition) is 1. The number of aromatic nitrogens is 1. The SMILES string of the molecule is CCCCCCCCCCCc1cc[nH]c1CCCCCCCCCCC. The van der Waals surface area contributed by atoms with Gasteiger partial charge in [-0.2, -0.15) is 0 Å². The monoisotopic (exact) mass is 375 g/mol. The normalized spacial score (nSPS) is 11.3. The molecule has 0 saturated heterocycles. The van der Waals surface area contributed by atoms with Crippen LogP contribution in [0.2, 0.25) is 0 Å². The van der Waals surface area contributed by atoms with Gasteiger partial charge in [0.15, 0.2) is 0 Å². The first-order chi connectivity index (χ1) is 13.4. The zero-order valence-corrected chi connectivity index (χ0v) is 18.8. The van der Waals surface area contributed by atoms with Crippen LogP contribution >= 0.6 is 0 Å². The zero-order valence-electron chi connectivity index (χ0n) is 18.8. The molecule has 0 fully saturated rings. The van der Waals surface area contributed by atoms with Gasteiger partial charge in [-0.25, -0.2) is 0 Å². The molecular formula is C26H49N. The Hall–Kier alpha value is -0.720. The van der Waals surface area contributed by atoms with Crippen molar-refractivity contribution in [2.24, 2.45) is 0 Å². The molecule has 0 atom stereocenters. The molecule has 1 nitrogen and oxygen atoms in total. The first-order valence-electron chi connectivity index (χ1n) is 12.5. The topological polar surface area (TPSA) is 15.8 Å². The molecule has 1 heteroatoms. The van der Waals surface area contributed by atoms with E-state index >= 15 is 0 Å². The van der Waals surface area contributed by atoms with E-state index in [0.29, 0.717) is 0 Å². The van der Waals surface area contributed by atoms with E-state index in [-0.39, 0.29) is 0 Å². The summed E-state index contributed by atoms with van der Waals surface area (Å²) in [5.41, 5.74) is 3.12. The minimum atomic E-state index is 1.26. The highest BCUT2D eigenvalue weighted by molar-refractivity contribution is 5.20. The molecule has 1 aromatic heterocycles. The highest BCUT2D eigenvalue weighted by Crippen LogP contribution is 2.17. The van der Waals surface area contributed by atoms with Crippen molar-refractivity contribution >= 4 is 0 Å². The van der Waals surface area contributed by atoms with Crippen molar-refractivity contribution in [3.63, 3.8) is 0 Å². The largest absolute Gasteiger partial charge is 0.365 e. The first kappa shape index (κ1) is 24.3. The van der Waals surface area contributed by atoms with Crippen LogP contribution in [-0.4, -0.2) is 4.98 Å². The van der Waals surface area contributed by atoms with Gasteiger partial charge in [-0.05, 0) is 37.3 Å². The first-order valence-corrected chi connectivity index (χ1v) is 12.5. The molecule has 27 heavy (non-hydrogen) atoms. The molecule has 0 aromatic carbocycles. The fourth-order valence-corrected chi connectivity index (χ4v) is 4.14. The van der Waals surface area contributed by atoms with E-state index in [1.54, 1.807) is 5.56 Å². The number of nitrogens with one attached hydrogen (secondary N) is 1. The van der Waals surface area contributed by atoms with E-state index < -0.39 is 0 Å². The van der Waals surface area contributed by atoms with Gasteiger partial charge in [-0.3, -0.25) is 0 Å². The molecule has 0 unspecified atom stereocenters. The van der Waals surface area contributed by atoms with Crippen LogP contribution in [0.3, 0.4) is 0 Å². The molecule has 1 heterocycles. The summed E-state index contributed by atoms with van der Waals surface area (Å²) in [6, 6.07) is 2.33. The van der Waals surface area contributed by atoms with Crippen LogP contribution in [0.4, 0.5) is 0 Å². The van der Waals surface area contributed by atoms with Crippen LogP contribution in [0.25, 0.3) is 0 Å². The summed E-state index contributed by atoms with van der Waals surface area (Å²) in [6.07, 6.45) is 30.3. The molecule has 0 radical (unpaired) electrons. The van der Waals surface area contributed by atoms with Crippen molar-refractivity contribution in [1.82, 2.24) is 4.98 Å². The second kappa shape index (κ2) is 18.6. The molecule has 158 valence electrons. The third kappa shape index (κ3) is 14.0. The average molecular weight is 376 g/mol. The van der Waals surface area contributed by atoms with Crippen LogP contribution in [0.1, 0.15) is 141 Å². The molecule has 0 aliphatic carbocycles. The summed E-state index contributed by atoms with van der Waals surface area (Å²) in [5.74, 6) is 0. The van der Waals surface area contributed by atoms with Crippen LogP contribution < -0.4 is 0 Å². The predicted octanol–water partition coefficient (Wildman–Crippen LogP) is 9.16. The lowest BCUT2D eigenvalue weighted by atomic mass is 10.0. The van der Waals surface area contributed by atoms with Crippen LogP contribution in [0.5, 0.6) is 0 Å². The van der Waals surface area contributed by atoms with E-state index in [0.717, 1.165) is 0 Å². The second-order valence-corrected chi connectivity index (χ2v) is 8.64. The number of hydrogen-bond acceptors (Lipinski definition) is 0. The standard InChI is InChI=1S/C26H49N/c1-3-5-7-9-11-13-15-17-19-21-25-23-24-27-26(25)22-20-18-16-14-12-10-8-6-4-2/h23-24,27H,3-22H2,1-2H3. The lowest BCUT2D eigenvalue weighted by molar-refractivity contribution is 0.560. The lowest BCUT2D eigenvalue weighted by Gasteiger charge is -2.06.